The van der Waals surface area contributed by atoms with Crippen LogP contribution >= 0.6 is 0 Å². The van der Waals surface area contributed by atoms with Gasteiger partial charge in [-0.05, 0) is 42.9 Å². The predicted octanol–water partition coefficient (Wildman–Crippen LogP) is 2.29. The number of rotatable bonds is 5. The topological polar surface area (TPSA) is 84.0 Å². The molecule has 8 heteroatoms. The number of anilines is 1. The second-order valence-electron chi connectivity index (χ2n) is 5.09. The highest BCUT2D eigenvalue weighted by molar-refractivity contribution is 7.89. The number of sulfonamides is 1. The lowest BCUT2D eigenvalue weighted by Crippen LogP contribution is -2.18. The molecule has 0 saturated carbocycles. The van der Waals surface area contributed by atoms with Crippen molar-refractivity contribution in [1.82, 2.24) is 14.7 Å². The summed E-state index contributed by atoms with van der Waals surface area (Å²) in [6.45, 7) is 0.343. The summed E-state index contributed by atoms with van der Waals surface area (Å²) in [4.78, 5) is 8.40. The van der Waals surface area contributed by atoms with Crippen LogP contribution in [-0.4, -0.2) is 25.4 Å². The van der Waals surface area contributed by atoms with Crippen molar-refractivity contribution in [1.29, 1.82) is 0 Å². The minimum absolute atomic E-state index is 0.183. The van der Waals surface area contributed by atoms with Crippen LogP contribution in [0.3, 0.4) is 0 Å². The zero-order valence-electron chi connectivity index (χ0n) is 12.8. The number of nitrogens with one attached hydrogen (secondary N) is 2. The van der Waals surface area contributed by atoms with E-state index in [0.29, 0.717) is 23.3 Å². The average molecular weight is 346 g/mol. The second kappa shape index (κ2) is 6.50. The van der Waals surface area contributed by atoms with Gasteiger partial charge < -0.3 is 5.32 Å². The maximum Gasteiger partial charge on any atom is 0.240 e. The maximum absolute atomic E-state index is 13.4. The molecule has 3 aromatic rings. The number of hydrogen-bond donors (Lipinski definition) is 2. The van der Waals surface area contributed by atoms with Crippen LogP contribution in [0.2, 0.25) is 0 Å². The molecular formula is C16H15FN4O2S. The van der Waals surface area contributed by atoms with Gasteiger partial charge in [-0.25, -0.2) is 27.5 Å². The molecule has 6 nitrogen and oxygen atoms in total. The van der Waals surface area contributed by atoms with Crippen molar-refractivity contribution in [2.45, 2.75) is 11.4 Å². The third-order valence-electron chi connectivity index (χ3n) is 3.53. The van der Waals surface area contributed by atoms with Crippen molar-refractivity contribution < 1.29 is 12.8 Å². The van der Waals surface area contributed by atoms with Crippen LogP contribution in [0.15, 0.2) is 53.7 Å². The summed E-state index contributed by atoms with van der Waals surface area (Å²) in [5, 5.41) is 3.66. The third kappa shape index (κ3) is 3.34. The van der Waals surface area contributed by atoms with Crippen LogP contribution in [0.25, 0.3) is 10.9 Å². The molecule has 0 unspecified atom stereocenters. The molecule has 0 aliphatic rings. The van der Waals surface area contributed by atoms with Crippen LogP contribution in [0.4, 0.5) is 10.2 Å². The fourth-order valence-corrected chi connectivity index (χ4v) is 3.10. The molecule has 1 aromatic heterocycles. The monoisotopic (exact) mass is 346 g/mol. The fraction of sp³-hybridized carbons (Fsp3) is 0.125. The Kier molecular flexibility index (Phi) is 4.41. The Morgan fingerprint density at radius 1 is 1.12 bits per heavy atom. The summed E-state index contributed by atoms with van der Waals surface area (Å²) in [5.41, 5.74) is 1.38. The van der Waals surface area contributed by atoms with Crippen molar-refractivity contribution in [3.63, 3.8) is 0 Å². The highest BCUT2D eigenvalue weighted by Gasteiger charge is 2.11. The molecule has 2 N–H and O–H groups in total. The van der Waals surface area contributed by atoms with E-state index in [0.717, 1.165) is 5.56 Å². The summed E-state index contributed by atoms with van der Waals surface area (Å²) in [6, 6.07) is 10.8. The van der Waals surface area contributed by atoms with Gasteiger partial charge in [0.25, 0.3) is 0 Å². The molecule has 0 amide bonds. The number of benzene rings is 2. The molecule has 1 heterocycles. The number of fused-ring (bicyclic) bond motifs is 1. The first kappa shape index (κ1) is 16.3. The molecule has 0 aliphatic heterocycles. The molecular weight excluding hydrogens is 331 g/mol. The molecule has 0 spiro atoms. The van der Waals surface area contributed by atoms with Crippen LogP contribution in [0.1, 0.15) is 5.56 Å². The predicted molar refractivity (Wildman–Crippen MR) is 89.5 cm³/mol. The molecule has 3 rings (SSSR count). The Morgan fingerprint density at radius 3 is 2.75 bits per heavy atom. The largest absolute Gasteiger partial charge is 0.365 e. The Hall–Kier alpha value is -2.58. The summed E-state index contributed by atoms with van der Waals surface area (Å²) in [7, 11) is -2.13. The first-order valence-electron chi connectivity index (χ1n) is 7.16. The smallest absolute Gasteiger partial charge is 0.240 e. The summed E-state index contributed by atoms with van der Waals surface area (Å²) < 4.78 is 39.4. The Bertz CT molecular complexity index is 992. The van der Waals surface area contributed by atoms with Gasteiger partial charge in [0.2, 0.25) is 10.0 Å². The van der Waals surface area contributed by atoms with Gasteiger partial charge in [0.1, 0.15) is 18.0 Å². The first-order valence-corrected chi connectivity index (χ1v) is 8.64. The van der Waals surface area contributed by atoms with E-state index < -0.39 is 10.0 Å². The molecule has 0 fully saturated rings. The van der Waals surface area contributed by atoms with Gasteiger partial charge >= 0.3 is 0 Å². The standard InChI is InChI=1S/C16H15FN4O2S/c1-18-24(22,23)13-4-2-3-11(7-13)9-19-16-14-8-12(17)5-6-15(14)20-10-21-16/h2-8,10,18H,9H2,1H3,(H,19,20,21). The van der Waals surface area contributed by atoms with Crippen molar-refractivity contribution in [2.75, 3.05) is 12.4 Å². The molecule has 0 saturated heterocycles. The minimum Gasteiger partial charge on any atom is -0.365 e. The van der Waals surface area contributed by atoms with E-state index >= 15 is 0 Å². The molecule has 2 aromatic carbocycles. The number of hydrogen-bond acceptors (Lipinski definition) is 5. The number of aromatic nitrogens is 2. The van der Waals surface area contributed by atoms with Gasteiger partial charge in [0.15, 0.2) is 0 Å². The van der Waals surface area contributed by atoms with E-state index in [9.17, 15) is 12.8 Å². The van der Waals surface area contributed by atoms with Crippen LogP contribution in [0.5, 0.6) is 0 Å². The van der Waals surface area contributed by atoms with Crippen LogP contribution in [0, 0.1) is 5.82 Å². The molecule has 24 heavy (non-hydrogen) atoms. The van der Waals surface area contributed by atoms with Crippen molar-refractivity contribution in [3.05, 3.63) is 60.2 Å². The van der Waals surface area contributed by atoms with Crippen molar-refractivity contribution >= 4 is 26.7 Å². The van der Waals surface area contributed by atoms with Gasteiger partial charge in [-0.1, -0.05) is 12.1 Å². The molecule has 0 bridgehead atoms. The Labute approximate surface area is 138 Å². The van der Waals surface area contributed by atoms with Crippen LogP contribution in [-0.2, 0) is 16.6 Å². The fourth-order valence-electron chi connectivity index (χ4n) is 2.30. The zero-order chi connectivity index (χ0) is 17.2. The zero-order valence-corrected chi connectivity index (χ0v) is 13.6. The highest BCUT2D eigenvalue weighted by atomic mass is 32.2. The lowest BCUT2D eigenvalue weighted by molar-refractivity contribution is 0.588. The van der Waals surface area contributed by atoms with E-state index in [1.165, 1.54) is 31.6 Å². The van der Waals surface area contributed by atoms with Crippen LogP contribution < -0.4 is 10.0 Å². The van der Waals surface area contributed by atoms with Crippen molar-refractivity contribution in [3.8, 4) is 0 Å². The van der Waals surface area contributed by atoms with Gasteiger partial charge in [0, 0.05) is 11.9 Å². The van der Waals surface area contributed by atoms with E-state index in [1.54, 1.807) is 24.3 Å². The van der Waals surface area contributed by atoms with Gasteiger partial charge in [0.05, 0.1) is 10.4 Å². The van der Waals surface area contributed by atoms with E-state index in [2.05, 4.69) is 20.0 Å². The minimum atomic E-state index is -3.50. The number of nitrogens with zero attached hydrogens (tertiary/aromatic N) is 2. The maximum atomic E-state index is 13.4. The average Bonchev–Trinajstić information content (AvgIpc) is 2.60. The number of halogens is 1. The highest BCUT2D eigenvalue weighted by Crippen LogP contribution is 2.21. The summed E-state index contributed by atoms with van der Waals surface area (Å²) in [6.07, 6.45) is 1.39. The third-order valence-corrected chi connectivity index (χ3v) is 4.95. The van der Waals surface area contributed by atoms with E-state index in [1.807, 2.05) is 0 Å². The first-order chi connectivity index (χ1) is 11.5. The second-order valence-corrected chi connectivity index (χ2v) is 6.98. The van der Waals surface area contributed by atoms with Gasteiger partial charge in [-0.15, -0.1) is 0 Å². The molecule has 0 aliphatic carbocycles. The van der Waals surface area contributed by atoms with Crippen molar-refractivity contribution in [2.24, 2.45) is 0 Å². The lowest BCUT2D eigenvalue weighted by atomic mass is 10.2. The lowest BCUT2D eigenvalue weighted by Gasteiger charge is -2.10. The van der Waals surface area contributed by atoms with E-state index in [4.69, 9.17) is 0 Å². The normalized spacial score (nSPS) is 11.6. The SMILES string of the molecule is CNS(=O)(=O)c1cccc(CNc2ncnc3ccc(F)cc23)c1. The molecule has 0 radical (unpaired) electrons. The summed E-state index contributed by atoms with van der Waals surface area (Å²) >= 11 is 0. The Balaban J connectivity index is 1.87. The quantitative estimate of drug-likeness (QED) is 0.740. The van der Waals surface area contributed by atoms with Gasteiger partial charge in [-0.2, -0.15) is 0 Å². The Morgan fingerprint density at radius 2 is 1.96 bits per heavy atom. The van der Waals surface area contributed by atoms with E-state index in [-0.39, 0.29) is 10.7 Å². The molecule has 124 valence electrons. The summed E-state index contributed by atoms with van der Waals surface area (Å²) in [5.74, 6) is 0.115. The molecule has 0 atom stereocenters. The van der Waals surface area contributed by atoms with Gasteiger partial charge in [-0.3, -0.25) is 0 Å².